The van der Waals surface area contributed by atoms with E-state index in [-0.39, 0.29) is 11.6 Å². The van der Waals surface area contributed by atoms with Gasteiger partial charge in [0.05, 0.1) is 5.39 Å². The van der Waals surface area contributed by atoms with Gasteiger partial charge in [0.2, 0.25) is 11.6 Å². The van der Waals surface area contributed by atoms with E-state index < -0.39 is 0 Å². The van der Waals surface area contributed by atoms with Gasteiger partial charge in [-0.2, -0.15) is 5.26 Å². The van der Waals surface area contributed by atoms with Crippen molar-refractivity contribution in [3.05, 3.63) is 51.8 Å². The van der Waals surface area contributed by atoms with Crippen LogP contribution in [0, 0.1) is 11.3 Å². The third-order valence-electron chi connectivity index (χ3n) is 2.62. The van der Waals surface area contributed by atoms with Crippen LogP contribution >= 0.6 is 27.5 Å². The van der Waals surface area contributed by atoms with E-state index in [1.165, 1.54) is 0 Å². The van der Waals surface area contributed by atoms with Crippen molar-refractivity contribution < 1.29 is 9.15 Å². The van der Waals surface area contributed by atoms with Crippen molar-refractivity contribution in [3.63, 3.8) is 0 Å². The first-order valence-corrected chi connectivity index (χ1v) is 6.76. The fourth-order valence-corrected chi connectivity index (χ4v) is 2.44. The average Bonchev–Trinajstić information content (AvgIpc) is 2.80. The molecule has 0 fully saturated rings. The molecule has 3 rings (SSSR count). The SMILES string of the molecule is N#Cc1oc2ccccc2c1Oc1ncc(Br)cc1Cl. The van der Waals surface area contributed by atoms with Crippen LogP contribution in [0.4, 0.5) is 0 Å². The highest BCUT2D eigenvalue weighted by molar-refractivity contribution is 9.10. The summed E-state index contributed by atoms with van der Waals surface area (Å²) in [6.07, 6.45) is 1.57. The molecule has 0 aliphatic carbocycles. The number of aromatic nitrogens is 1. The summed E-state index contributed by atoms with van der Waals surface area (Å²) in [4.78, 5) is 4.08. The number of fused-ring (bicyclic) bond motifs is 1. The van der Waals surface area contributed by atoms with Crippen LogP contribution in [0.15, 0.2) is 45.4 Å². The topological polar surface area (TPSA) is 59.0 Å². The van der Waals surface area contributed by atoms with Crippen LogP contribution in [0.1, 0.15) is 5.76 Å². The van der Waals surface area contributed by atoms with Gasteiger partial charge in [0.25, 0.3) is 0 Å². The van der Waals surface area contributed by atoms with Crippen LogP contribution in [0.2, 0.25) is 5.02 Å². The van der Waals surface area contributed by atoms with Gasteiger partial charge >= 0.3 is 0 Å². The molecule has 0 amide bonds. The van der Waals surface area contributed by atoms with Gasteiger partial charge in [-0.25, -0.2) is 4.98 Å². The van der Waals surface area contributed by atoms with E-state index in [2.05, 4.69) is 20.9 Å². The van der Waals surface area contributed by atoms with Crippen molar-refractivity contribution >= 4 is 38.5 Å². The van der Waals surface area contributed by atoms with Crippen molar-refractivity contribution in [1.82, 2.24) is 4.98 Å². The predicted octanol–water partition coefficient (Wildman–Crippen LogP) is 4.91. The number of nitrogens with zero attached hydrogens (tertiary/aromatic N) is 2. The molecule has 1 aromatic carbocycles. The number of furan rings is 1. The molecule has 4 nitrogen and oxygen atoms in total. The number of rotatable bonds is 2. The van der Waals surface area contributed by atoms with Gasteiger partial charge < -0.3 is 9.15 Å². The zero-order valence-electron chi connectivity index (χ0n) is 9.93. The second-order valence-electron chi connectivity index (χ2n) is 3.91. The Morgan fingerprint density at radius 2 is 2.15 bits per heavy atom. The van der Waals surface area contributed by atoms with Crippen LogP contribution in [0.5, 0.6) is 11.6 Å². The fourth-order valence-electron chi connectivity index (χ4n) is 1.77. The molecule has 0 saturated carbocycles. The highest BCUT2D eigenvalue weighted by Gasteiger charge is 2.17. The molecule has 20 heavy (non-hydrogen) atoms. The second-order valence-corrected chi connectivity index (χ2v) is 5.23. The summed E-state index contributed by atoms with van der Waals surface area (Å²) in [6.45, 7) is 0. The van der Waals surface area contributed by atoms with E-state index in [9.17, 15) is 0 Å². The van der Waals surface area contributed by atoms with Gasteiger partial charge in [0.1, 0.15) is 16.7 Å². The lowest BCUT2D eigenvalue weighted by molar-refractivity contribution is 0.450. The zero-order chi connectivity index (χ0) is 14.1. The van der Waals surface area contributed by atoms with E-state index in [4.69, 9.17) is 26.0 Å². The molecule has 0 saturated heterocycles. The Morgan fingerprint density at radius 1 is 1.35 bits per heavy atom. The maximum Gasteiger partial charge on any atom is 0.247 e. The summed E-state index contributed by atoms with van der Waals surface area (Å²) < 4.78 is 11.8. The number of benzene rings is 1. The lowest BCUT2D eigenvalue weighted by Gasteiger charge is -2.05. The molecule has 98 valence electrons. The highest BCUT2D eigenvalue weighted by atomic mass is 79.9. The van der Waals surface area contributed by atoms with Gasteiger partial charge in [-0.1, -0.05) is 23.7 Å². The standard InChI is InChI=1S/C14H6BrClN2O2/c15-8-5-10(16)14(18-7-8)20-13-9-3-1-2-4-11(9)19-12(13)6-17/h1-5,7H. The van der Waals surface area contributed by atoms with Gasteiger partial charge in [0, 0.05) is 10.7 Å². The molecular formula is C14H6BrClN2O2. The molecule has 0 N–H and O–H groups in total. The third-order valence-corrected chi connectivity index (χ3v) is 3.33. The van der Waals surface area contributed by atoms with Crippen molar-refractivity contribution in [2.75, 3.05) is 0 Å². The first-order chi connectivity index (χ1) is 9.69. The minimum absolute atomic E-state index is 0.0898. The Balaban J connectivity index is 2.12. The normalized spacial score (nSPS) is 10.4. The summed E-state index contributed by atoms with van der Waals surface area (Å²) >= 11 is 9.33. The molecule has 0 unspecified atom stereocenters. The minimum atomic E-state index is 0.0898. The monoisotopic (exact) mass is 348 g/mol. The number of ether oxygens (including phenoxy) is 1. The number of para-hydroxylation sites is 1. The maximum atomic E-state index is 9.13. The molecule has 6 heteroatoms. The zero-order valence-corrected chi connectivity index (χ0v) is 12.3. The van der Waals surface area contributed by atoms with E-state index in [0.29, 0.717) is 21.7 Å². The number of pyridine rings is 1. The first-order valence-electron chi connectivity index (χ1n) is 5.59. The Hall–Kier alpha value is -2.03. The van der Waals surface area contributed by atoms with Crippen molar-refractivity contribution in [2.24, 2.45) is 0 Å². The Morgan fingerprint density at radius 3 is 2.90 bits per heavy atom. The van der Waals surface area contributed by atoms with E-state index in [0.717, 1.165) is 4.47 Å². The van der Waals surface area contributed by atoms with Crippen molar-refractivity contribution in [3.8, 4) is 17.7 Å². The smallest absolute Gasteiger partial charge is 0.247 e. The Bertz CT molecular complexity index is 839. The molecular weight excluding hydrogens is 344 g/mol. The molecule has 0 aliphatic rings. The molecule has 2 heterocycles. The lowest BCUT2D eigenvalue weighted by atomic mass is 10.2. The predicted molar refractivity (Wildman–Crippen MR) is 78.0 cm³/mol. The Labute approximate surface area is 127 Å². The van der Waals surface area contributed by atoms with Crippen LogP contribution in [0.3, 0.4) is 0 Å². The minimum Gasteiger partial charge on any atom is -0.442 e. The van der Waals surface area contributed by atoms with Crippen LogP contribution in [0.25, 0.3) is 11.0 Å². The molecule has 2 aromatic heterocycles. The Kier molecular flexibility index (Phi) is 3.35. The number of nitriles is 1. The van der Waals surface area contributed by atoms with E-state index in [1.807, 2.05) is 24.3 Å². The van der Waals surface area contributed by atoms with Crippen molar-refractivity contribution in [2.45, 2.75) is 0 Å². The van der Waals surface area contributed by atoms with Gasteiger partial charge in [-0.3, -0.25) is 0 Å². The maximum absolute atomic E-state index is 9.13. The van der Waals surface area contributed by atoms with E-state index >= 15 is 0 Å². The molecule has 0 aliphatic heterocycles. The molecule has 0 atom stereocenters. The summed E-state index contributed by atoms with van der Waals surface area (Å²) in [7, 11) is 0. The lowest BCUT2D eigenvalue weighted by Crippen LogP contribution is -1.90. The third kappa shape index (κ3) is 2.24. The number of hydrogen-bond acceptors (Lipinski definition) is 4. The number of halogens is 2. The summed E-state index contributed by atoms with van der Waals surface area (Å²) in [5.74, 6) is 0.629. The molecule has 0 spiro atoms. The van der Waals surface area contributed by atoms with Gasteiger partial charge in [-0.05, 0) is 34.1 Å². The molecule has 0 radical (unpaired) electrons. The molecule has 3 aromatic rings. The van der Waals surface area contributed by atoms with Crippen LogP contribution in [-0.4, -0.2) is 4.98 Å². The fraction of sp³-hybridized carbons (Fsp3) is 0. The first kappa shape index (κ1) is 13.0. The van der Waals surface area contributed by atoms with Gasteiger partial charge in [-0.15, -0.1) is 0 Å². The van der Waals surface area contributed by atoms with Crippen LogP contribution < -0.4 is 4.74 Å². The highest BCUT2D eigenvalue weighted by Crippen LogP contribution is 2.37. The number of hydrogen-bond donors (Lipinski definition) is 0. The summed E-state index contributed by atoms with van der Waals surface area (Å²) in [6, 6.07) is 10.9. The summed E-state index contributed by atoms with van der Waals surface area (Å²) in [5.41, 5.74) is 0.576. The van der Waals surface area contributed by atoms with E-state index in [1.54, 1.807) is 18.3 Å². The summed E-state index contributed by atoms with van der Waals surface area (Å²) in [5, 5.41) is 10.2. The van der Waals surface area contributed by atoms with Crippen molar-refractivity contribution in [1.29, 1.82) is 5.26 Å². The largest absolute Gasteiger partial charge is 0.442 e. The quantitative estimate of drug-likeness (QED) is 0.659. The molecule has 0 bridgehead atoms. The second kappa shape index (κ2) is 5.16. The van der Waals surface area contributed by atoms with Gasteiger partial charge in [0.15, 0.2) is 5.75 Å². The van der Waals surface area contributed by atoms with Crippen LogP contribution in [-0.2, 0) is 0 Å². The average molecular weight is 350 g/mol.